The van der Waals surface area contributed by atoms with Crippen molar-refractivity contribution in [3.05, 3.63) is 84.4 Å². The molecule has 9 heteroatoms. The van der Waals surface area contributed by atoms with Gasteiger partial charge >= 0.3 is 0 Å². The number of rotatable bonds is 6. The standard InChI is InChI=1S/C28H25FN6O2/c29-20-4-3-5-23(14-20)37-26-9-7-21(16-31-26)32-28(36)27-24-13-18(6-8-25(24)33-34-27)19-12-22(17-30-15-19)35-10-1-2-11-35/h5-9,12-17H,1-4,10-11H2,(H,32,36)(H,33,34). The minimum Gasteiger partial charge on any atom is -0.439 e. The van der Waals surface area contributed by atoms with E-state index in [4.69, 9.17) is 4.74 Å². The molecule has 0 unspecified atom stereocenters. The topological polar surface area (TPSA) is 96.0 Å². The van der Waals surface area contributed by atoms with E-state index >= 15 is 0 Å². The third-order valence-corrected chi connectivity index (χ3v) is 6.55. The molecular formula is C28H25FN6O2. The number of hydrogen-bond acceptors (Lipinski definition) is 6. The molecule has 186 valence electrons. The van der Waals surface area contributed by atoms with Crippen LogP contribution in [-0.2, 0) is 0 Å². The molecule has 0 atom stereocenters. The maximum Gasteiger partial charge on any atom is 0.276 e. The number of carbonyl (C=O) groups is 1. The lowest BCUT2D eigenvalue weighted by Gasteiger charge is -2.17. The monoisotopic (exact) mass is 496 g/mol. The number of amides is 1. The van der Waals surface area contributed by atoms with Gasteiger partial charge in [-0.3, -0.25) is 14.9 Å². The summed E-state index contributed by atoms with van der Waals surface area (Å²) in [5, 5.41) is 10.7. The smallest absolute Gasteiger partial charge is 0.276 e. The van der Waals surface area contributed by atoms with Crippen LogP contribution in [0.3, 0.4) is 0 Å². The van der Waals surface area contributed by atoms with Crippen molar-refractivity contribution in [3.8, 4) is 17.0 Å². The second-order valence-electron chi connectivity index (χ2n) is 9.14. The third-order valence-electron chi connectivity index (χ3n) is 6.55. The first kappa shape index (κ1) is 22.9. The molecule has 6 rings (SSSR count). The normalized spacial score (nSPS) is 15.4. The summed E-state index contributed by atoms with van der Waals surface area (Å²) in [7, 11) is 0. The van der Waals surface area contributed by atoms with Crippen LogP contribution < -0.4 is 15.0 Å². The molecule has 0 saturated carbocycles. The first-order valence-electron chi connectivity index (χ1n) is 12.3. The molecule has 0 bridgehead atoms. The summed E-state index contributed by atoms with van der Waals surface area (Å²) in [5.41, 5.74) is 4.60. The Kier molecular flexibility index (Phi) is 6.10. The Morgan fingerprint density at radius 1 is 1.05 bits per heavy atom. The lowest BCUT2D eigenvalue weighted by molar-refractivity contribution is 0.102. The number of H-pyrrole nitrogens is 1. The molecule has 1 aliphatic heterocycles. The molecule has 37 heavy (non-hydrogen) atoms. The predicted molar refractivity (Wildman–Crippen MR) is 140 cm³/mol. The third kappa shape index (κ3) is 4.93. The van der Waals surface area contributed by atoms with Gasteiger partial charge in [-0.1, -0.05) is 6.07 Å². The highest BCUT2D eigenvalue weighted by Crippen LogP contribution is 2.29. The first-order chi connectivity index (χ1) is 18.1. The summed E-state index contributed by atoms with van der Waals surface area (Å²) in [4.78, 5) is 24.1. The maximum absolute atomic E-state index is 13.5. The average molecular weight is 497 g/mol. The number of halogens is 1. The second-order valence-corrected chi connectivity index (χ2v) is 9.14. The Labute approximate surface area is 212 Å². The SMILES string of the molecule is O=C(Nc1ccc(OC2=CCCC(F)=C2)nc1)c1n[nH]c2ccc(-c3cncc(N4CCCC4)c3)cc12. The van der Waals surface area contributed by atoms with E-state index in [-0.39, 0.29) is 17.4 Å². The van der Waals surface area contributed by atoms with Crippen molar-refractivity contribution < 1.29 is 13.9 Å². The molecule has 3 aromatic heterocycles. The summed E-state index contributed by atoms with van der Waals surface area (Å²) in [6.07, 6.45) is 11.8. The predicted octanol–water partition coefficient (Wildman–Crippen LogP) is 5.78. The Morgan fingerprint density at radius 3 is 2.76 bits per heavy atom. The fourth-order valence-electron chi connectivity index (χ4n) is 4.64. The zero-order chi connectivity index (χ0) is 25.2. The highest BCUT2D eigenvalue weighted by atomic mass is 19.1. The highest BCUT2D eigenvalue weighted by Gasteiger charge is 2.17. The first-order valence-corrected chi connectivity index (χ1v) is 12.3. The van der Waals surface area contributed by atoms with Crippen molar-refractivity contribution in [1.82, 2.24) is 20.2 Å². The van der Waals surface area contributed by atoms with E-state index in [9.17, 15) is 9.18 Å². The van der Waals surface area contributed by atoms with E-state index in [1.165, 1.54) is 25.1 Å². The molecular weight excluding hydrogens is 471 g/mol. The zero-order valence-corrected chi connectivity index (χ0v) is 20.1. The number of aromatic nitrogens is 4. The molecule has 8 nitrogen and oxygen atoms in total. The molecule has 0 radical (unpaired) electrons. The van der Waals surface area contributed by atoms with Crippen LogP contribution in [0.4, 0.5) is 15.8 Å². The highest BCUT2D eigenvalue weighted by molar-refractivity contribution is 6.11. The number of carbonyl (C=O) groups excluding carboxylic acids is 1. The lowest BCUT2D eigenvalue weighted by Crippen LogP contribution is -2.17. The summed E-state index contributed by atoms with van der Waals surface area (Å²) < 4.78 is 19.1. The van der Waals surface area contributed by atoms with E-state index in [1.807, 2.05) is 36.7 Å². The number of ether oxygens (including phenoxy) is 1. The number of nitrogens with one attached hydrogen (secondary N) is 2. The summed E-state index contributed by atoms with van der Waals surface area (Å²) >= 11 is 0. The number of fused-ring (bicyclic) bond motifs is 1. The number of nitrogens with zero attached hydrogens (tertiary/aromatic N) is 4. The summed E-state index contributed by atoms with van der Waals surface area (Å²) in [6, 6.07) is 11.3. The van der Waals surface area contributed by atoms with Gasteiger partial charge in [-0.15, -0.1) is 0 Å². The van der Waals surface area contributed by atoms with E-state index in [1.54, 1.807) is 12.1 Å². The van der Waals surface area contributed by atoms with E-state index < -0.39 is 0 Å². The number of anilines is 2. The van der Waals surface area contributed by atoms with Gasteiger partial charge in [0.15, 0.2) is 5.69 Å². The Morgan fingerprint density at radius 2 is 1.95 bits per heavy atom. The molecule has 1 aromatic carbocycles. The van der Waals surface area contributed by atoms with Gasteiger partial charge in [0.1, 0.15) is 11.6 Å². The fraction of sp³-hybridized carbons (Fsp3) is 0.214. The van der Waals surface area contributed by atoms with Crippen LogP contribution in [0.1, 0.15) is 36.2 Å². The van der Waals surface area contributed by atoms with Crippen molar-refractivity contribution in [3.63, 3.8) is 0 Å². The van der Waals surface area contributed by atoms with Crippen molar-refractivity contribution in [2.45, 2.75) is 25.7 Å². The minimum absolute atomic E-state index is 0.216. The molecule has 2 N–H and O–H groups in total. The molecule has 4 aromatic rings. The van der Waals surface area contributed by atoms with Gasteiger partial charge in [0.2, 0.25) is 5.88 Å². The van der Waals surface area contributed by atoms with Gasteiger partial charge in [-0.05, 0) is 55.2 Å². The maximum atomic E-state index is 13.5. The number of aromatic amines is 1. The Balaban J connectivity index is 1.19. The molecule has 2 aliphatic rings. The average Bonchev–Trinajstić information content (AvgIpc) is 3.60. The molecule has 0 spiro atoms. The van der Waals surface area contributed by atoms with Crippen LogP contribution in [0, 0.1) is 0 Å². The van der Waals surface area contributed by atoms with Crippen molar-refractivity contribution in [2.24, 2.45) is 0 Å². The minimum atomic E-state index is -0.359. The molecule has 1 fully saturated rings. The van der Waals surface area contributed by atoms with Gasteiger partial charge in [-0.2, -0.15) is 5.10 Å². The van der Waals surface area contributed by atoms with E-state index in [0.29, 0.717) is 35.6 Å². The van der Waals surface area contributed by atoms with Gasteiger partial charge in [0.05, 0.1) is 29.3 Å². The summed E-state index contributed by atoms with van der Waals surface area (Å²) in [5.74, 6) is 0.164. The van der Waals surface area contributed by atoms with Gasteiger partial charge in [-0.25, -0.2) is 9.37 Å². The van der Waals surface area contributed by atoms with Crippen molar-refractivity contribution in [1.29, 1.82) is 0 Å². The van der Waals surface area contributed by atoms with Crippen LogP contribution in [0.15, 0.2) is 78.7 Å². The Hall–Kier alpha value is -4.53. The molecule has 1 amide bonds. The van der Waals surface area contributed by atoms with Crippen molar-refractivity contribution in [2.75, 3.05) is 23.3 Å². The largest absolute Gasteiger partial charge is 0.439 e. The number of pyridine rings is 2. The van der Waals surface area contributed by atoms with E-state index in [0.717, 1.165) is 35.4 Å². The lowest BCUT2D eigenvalue weighted by atomic mass is 10.0. The quantitative estimate of drug-likeness (QED) is 0.351. The Bertz CT molecular complexity index is 1520. The number of hydrogen-bond donors (Lipinski definition) is 2. The molecule has 4 heterocycles. The van der Waals surface area contributed by atoms with Crippen LogP contribution in [-0.4, -0.2) is 39.2 Å². The van der Waals surface area contributed by atoms with Crippen molar-refractivity contribution >= 4 is 28.2 Å². The van der Waals surface area contributed by atoms with Crippen LogP contribution in [0.25, 0.3) is 22.0 Å². The van der Waals surface area contributed by atoms with E-state index in [2.05, 4.69) is 36.4 Å². The number of allylic oxidation sites excluding steroid dienone is 3. The number of benzene rings is 1. The second kappa shape index (κ2) is 9.85. The summed E-state index contributed by atoms with van der Waals surface area (Å²) in [6.45, 7) is 2.09. The molecule has 1 aliphatic carbocycles. The van der Waals surface area contributed by atoms with Crippen LogP contribution >= 0.6 is 0 Å². The fourth-order valence-corrected chi connectivity index (χ4v) is 4.64. The van der Waals surface area contributed by atoms with Gasteiger partial charge in [0, 0.05) is 48.8 Å². The van der Waals surface area contributed by atoms with Crippen LogP contribution in [0.5, 0.6) is 5.88 Å². The van der Waals surface area contributed by atoms with Gasteiger partial charge < -0.3 is 15.0 Å². The molecule has 1 saturated heterocycles. The van der Waals surface area contributed by atoms with Gasteiger partial charge in [0.25, 0.3) is 5.91 Å². The zero-order valence-electron chi connectivity index (χ0n) is 20.1. The van der Waals surface area contributed by atoms with Crippen LogP contribution in [0.2, 0.25) is 0 Å².